The van der Waals surface area contributed by atoms with Gasteiger partial charge >= 0.3 is 0 Å². The predicted molar refractivity (Wildman–Crippen MR) is 47.3 cm³/mol. The van der Waals surface area contributed by atoms with E-state index in [4.69, 9.17) is 10.5 Å². The Labute approximate surface area is 71.8 Å². The summed E-state index contributed by atoms with van der Waals surface area (Å²) < 4.78 is 5.01. The lowest BCUT2D eigenvalue weighted by molar-refractivity contribution is 0.368. The van der Waals surface area contributed by atoms with Crippen LogP contribution in [0.1, 0.15) is 11.1 Å². The molecule has 0 atom stereocenters. The van der Waals surface area contributed by atoms with E-state index in [2.05, 4.69) is 0 Å². The molecule has 0 spiro atoms. The average Bonchev–Trinajstić information content (AvgIpc) is 2.06. The fraction of sp³-hybridized carbons (Fsp3) is 0.333. The number of phenolic OH excluding ortho intramolecular Hbond substituents is 1. The number of ether oxygens (including phenoxy) is 1. The molecule has 3 nitrogen and oxygen atoms in total. The number of methoxy groups -OCH3 is 1. The summed E-state index contributed by atoms with van der Waals surface area (Å²) in [5, 5.41) is 9.56. The van der Waals surface area contributed by atoms with Crippen LogP contribution in [0.2, 0.25) is 0 Å². The van der Waals surface area contributed by atoms with Crippen molar-refractivity contribution in [2.75, 3.05) is 7.11 Å². The van der Waals surface area contributed by atoms with Gasteiger partial charge in [-0.3, -0.25) is 0 Å². The lowest BCUT2D eigenvalue weighted by Gasteiger charge is -2.09. The molecule has 3 N–H and O–H groups in total. The van der Waals surface area contributed by atoms with Gasteiger partial charge in [0.25, 0.3) is 0 Å². The molecule has 0 bridgehead atoms. The molecule has 66 valence electrons. The third-order valence-corrected chi connectivity index (χ3v) is 1.84. The van der Waals surface area contributed by atoms with Crippen molar-refractivity contribution < 1.29 is 9.84 Å². The van der Waals surface area contributed by atoms with E-state index in [1.54, 1.807) is 6.07 Å². The monoisotopic (exact) mass is 167 g/mol. The highest BCUT2D eigenvalue weighted by atomic mass is 16.5. The second kappa shape index (κ2) is 3.45. The predicted octanol–water partition coefficient (Wildman–Crippen LogP) is 1.17. The van der Waals surface area contributed by atoms with E-state index in [0.29, 0.717) is 17.9 Å². The largest absolute Gasteiger partial charge is 0.504 e. The van der Waals surface area contributed by atoms with Crippen LogP contribution in [-0.2, 0) is 6.54 Å². The smallest absolute Gasteiger partial charge is 0.163 e. The summed E-state index contributed by atoms with van der Waals surface area (Å²) in [6, 6.07) is 3.67. The van der Waals surface area contributed by atoms with E-state index in [1.807, 2.05) is 13.0 Å². The van der Waals surface area contributed by atoms with Crippen LogP contribution in [0.25, 0.3) is 0 Å². The van der Waals surface area contributed by atoms with E-state index in [0.717, 1.165) is 5.56 Å². The Morgan fingerprint density at radius 2 is 2.17 bits per heavy atom. The van der Waals surface area contributed by atoms with Gasteiger partial charge in [-0.05, 0) is 12.5 Å². The topological polar surface area (TPSA) is 55.5 Å². The van der Waals surface area contributed by atoms with Crippen LogP contribution in [0.3, 0.4) is 0 Å². The standard InChI is InChI=1S/C9H13NO2/c1-6-3-4-7(5-10)8(11)9(6)12-2/h3-4,11H,5,10H2,1-2H3. The molecule has 0 heterocycles. The molecular formula is C9H13NO2. The van der Waals surface area contributed by atoms with Crippen molar-refractivity contribution in [2.24, 2.45) is 5.73 Å². The maximum absolute atomic E-state index is 9.56. The zero-order valence-electron chi connectivity index (χ0n) is 7.29. The highest BCUT2D eigenvalue weighted by Crippen LogP contribution is 2.32. The lowest BCUT2D eigenvalue weighted by Crippen LogP contribution is -1.98. The van der Waals surface area contributed by atoms with E-state index < -0.39 is 0 Å². The molecule has 3 heteroatoms. The second-order valence-corrected chi connectivity index (χ2v) is 2.63. The molecule has 12 heavy (non-hydrogen) atoms. The molecule has 0 aliphatic carbocycles. The van der Waals surface area contributed by atoms with Crippen LogP contribution >= 0.6 is 0 Å². The lowest BCUT2D eigenvalue weighted by atomic mass is 10.1. The highest BCUT2D eigenvalue weighted by Gasteiger charge is 2.08. The van der Waals surface area contributed by atoms with Gasteiger partial charge in [-0.25, -0.2) is 0 Å². The number of hydrogen-bond donors (Lipinski definition) is 2. The molecule has 1 aromatic rings. The minimum absolute atomic E-state index is 0.153. The molecule has 0 aliphatic rings. The molecule has 0 aromatic heterocycles. The van der Waals surface area contributed by atoms with Crippen molar-refractivity contribution >= 4 is 0 Å². The van der Waals surface area contributed by atoms with Gasteiger partial charge in [0.05, 0.1) is 7.11 Å². The van der Waals surface area contributed by atoms with Gasteiger partial charge in [0.2, 0.25) is 0 Å². The summed E-state index contributed by atoms with van der Waals surface area (Å²) >= 11 is 0. The second-order valence-electron chi connectivity index (χ2n) is 2.63. The van der Waals surface area contributed by atoms with Crippen molar-refractivity contribution in [3.05, 3.63) is 23.3 Å². The number of aryl methyl sites for hydroxylation is 1. The van der Waals surface area contributed by atoms with Gasteiger partial charge in [0.15, 0.2) is 11.5 Å². The Bertz CT molecular complexity index is 284. The van der Waals surface area contributed by atoms with Crippen molar-refractivity contribution in [3.8, 4) is 11.5 Å². The number of rotatable bonds is 2. The van der Waals surface area contributed by atoms with Gasteiger partial charge in [-0.1, -0.05) is 12.1 Å². The van der Waals surface area contributed by atoms with Crippen LogP contribution in [0.5, 0.6) is 11.5 Å². The van der Waals surface area contributed by atoms with Gasteiger partial charge in [-0.15, -0.1) is 0 Å². The Kier molecular flexibility index (Phi) is 2.55. The van der Waals surface area contributed by atoms with Crippen LogP contribution < -0.4 is 10.5 Å². The van der Waals surface area contributed by atoms with E-state index in [1.165, 1.54) is 7.11 Å². The van der Waals surface area contributed by atoms with Gasteiger partial charge < -0.3 is 15.6 Å². The van der Waals surface area contributed by atoms with Gasteiger partial charge in [-0.2, -0.15) is 0 Å². The first-order valence-electron chi connectivity index (χ1n) is 3.76. The zero-order valence-corrected chi connectivity index (χ0v) is 7.29. The molecule has 1 rings (SSSR count). The van der Waals surface area contributed by atoms with Crippen molar-refractivity contribution in [1.29, 1.82) is 0 Å². The van der Waals surface area contributed by atoms with Crippen molar-refractivity contribution in [2.45, 2.75) is 13.5 Å². The average molecular weight is 167 g/mol. The first-order chi connectivity index (χ1) is 5.70. The van der Waals surface area contributed by atoms with Crippen LogP contribution in [0.15, 0.2) is 12.1 Å². The Morgan fingerprint density at radius 1 is 1.50 bits per heavy atom. The van der Waals surface area contributed by atoms with Crippen molar-refractivity contribution in [1.82, 2.24) is 0 Å². The summed E-state index contributed by atoms with van der Waals surface area (Å²) in [6.07, 6.45) is 0. The summed E-state index contributed by atoms with van der Waals surface area (Å²) in [7, 11) is 1.53. The number of aromatic hydroxyl groups is 1. The van der Waals surface area contributed by atoms with E-state index in [-0.39, 0.29) is 5.75 Å². The summed E-state index contributed by atoms with van der Waals surface area (Å²) in [5.74, 6) is 0.665. The zero-order chi connectivity index (χ0) is 9.14. The molecule has 0 aliphatic heterocycles. The molecule has 0 fully saturated rings. The summed E-state index contributed by atoms with van der Waals surface area (Å²) in [5.41, 5.74) is 7.02. The molecule has 1 aromatic carbocycles. The first-order valence-corrected chi connectivity index (χ1v) is 3.76. The minimum Gasteiger partial charge on any atom is -0.504 e. The number of benzene rings is 1. The fourth-order valence-corrected chi connectivity index (χ4v) is 1.14. The molecule has 0 saturated carbocycles. The van der Waals surface area contributed by atoms with Gasteiger partial charge in [0, 0.05) is 12.1 Å². The summed E-state index contributed by atoms with van der Waals surface area (Å²) in [4.78, 5) is 0. The van der Waals surface area contributed by atoms with E-state index in [9.17, 15) is 5.11 Å². The number of nitrogens with two attached hydrogens (primary N) is 1. The third kappa shape index (κ3) is 1.36. The Morgan fingerprint density at radius 3 is 2.67 bits per heavy atom. The maximum Gasteiger partial charge on any atom is 0.163 e. The van der Waals surface area contributed by atoms with Crippen LogP contribution in [0.4, 0.5) is 0 Å². The maximum atomic E-state index is 9.56. The normalized spacial score (nSPS) is 9.92. The van der Waals surface area contributed by atoms with Gasteiger partial charge in [0.1, 0.15) is 0 Å². The minimum atomic E-state index is 0.153. The quantitative estimate of drug-likeness (QED) is 0.695. The SMILES string of the molecule is COc1c(C)ccc(CN)c1O. The number of phenols is 1. The van der Waals surface area contributed by atoms with Crippen LogP contribution in [0, 0.1) is 6.92 Å². The van der Waals surface area contributed by atoms with Crippen molar-refractivity contribution in [3.63, 3.8) is 0 Å². The molecular weight excluding hydrogens is 154 g/mol. The third-order valence-electron chi connectivity index (χ3n) is 1.84. The highest BCUT2D eigenvalue weighted by molar-refractivity contribution is 5.50. The summed E-state index contributed by atoms with van der Waals surface area (Å²) in [6.45, 7) is 2.20. The first kappa shape index (κ1) is 8.87. The van der Waals surface area contributed by atoms with E-state index >= 15 is 0 Å². The molecule has 0 amide bonds. The molecule has 0 unspecified atom stereocenters. The van der Waals surface area contributed by atoms with Crippen LogP contribution in [-0.4, -0.2) is 12.2 Å². The Balaban J connectivity index is 3.24. The number of hydrogen-bond acceptors (Lipinski definition) is 3. The molecule has 0 radical (unpaired) electrons. The molecule has 0 saturated heterocycles. The fourth-order valence-electron chi connectivity index (χ4n) is 1.14. The Hall–Kier alpha value is -1.22.